The second-order valence-corrected chi connectivity index (χ2v) is 17.2. The molecule has 13 rings (SSSR count). The standard InChI is InChI=1S/C61H41N7O/c1-3-19-38(4-2)46-36-40(59-64-60(48-26-15-17-34-62-48)66-61(65-59)49-27-16-18-35-63-49)37-47(39-20-7-5-8-21-39)56(46)68-51-29-14-12-25-45(51)55-53(68)33-31-43-42-30-32-52-54(57(42)69-58(43)55)44-24-11-13-28-50(44)67(52)41-22-9-6-10-23-41/h3-18,20-38H,1-2,19H2. The predicted molar refractivity (Wildman–Crippen MR) is 281 cm³/mol. The first kappa shape index (κ1) is 40.0. The van der Waals surface area contributed by atoms with E-state index in [1.807, 2.05) is 48.6 Å². The van der Waals surface area contributed by atoms with E-state index in [2.05, 4.69) is 178 Å². The van der Waals surface area contributed by atoms with Crippen LogP contribution < -0.4 is 0 Å². The Bertz CT molecular complexity index is 4080. The van der Waals surface area contributed by atoms with Gasteiger partial charge in [0.1, 0.15) is 22.6 Å². The van der Waals surface area contributed by atoms with Gasteiger partial charge in [-0.3, -0.25) is 9.97 Å². The SMILES string of the molecule is C=CCC(C=C)c1cc(-c2nc(-c3ccccn3)nc(-c3ccccn3)n2)cc(-c2ccccc2)c1-n1c2ccccc2c2c3oc4c(ccc5c4c4ccccc4n5-c4ccccc4)c3ccc21. The Morgan fingerprint density at radius 3 is 1.59 bits per heavy atom. The number of furan rings is 1. The van der Waals surface area contributed by atoms with Crippen LogP contribution in [0.3, 0.4) is 0 Å². The van der Waals surface area contributed by atoms with Crippen molar-refractivity contribution in [3.05, 3.63) is 225 Å². The minimum Gasteiger partial charge on any atom is -0.455 e. The highest BCUT2D eigenvalue weighted by molar-refractivity contribution is 6.29. The van der Waals surface area contributed by atoms with Gasteiger partial charge in [0.2, 0.25) is 0 Å². The summed E-state index contributed by atoms with van der Waals surface area (Å²) in [6.45, 7) is 8.63. The van der Waals surface area contributed by atoms with E-state index in [1.165, 1.54) is 0 Å². The third-order valence-electron chi connectivity index (χ3n) is 13.3. The molecular formula is C61H41N7O. The van der Waals surface area contributed by atoms with Gasteiger partial charge < -0.3 is 13.6 Å². The molecule has 0 N–H and O–H groups in total. The fourth-order valence-electron chi connectivity index (χ4n) is 10.3. The number of aromatic nitrogens is 7. The van der Waals surface area contributed by atoms with Gasteiger partial charge in [-0.2, -0.15) is 0 Å². The summed E-state index contributed by atoms with van der Waals surface area (Å²) in [5.74, 6) is 1.29. The van der Waals surface area contributed by atoms with E-state index in [1.54, 1.807) is 12.4 Å². The molecule has 0 radical (unpaired) electrons. The van der Waals surface area contributed by atoms with Crippen LogP contribution in [0.25, 0.3) is 122 Å². The maximum Gasteiger partial charge on any atom is 0.182 e. The number of nitrogens with zero attached hydrogens (tertiary/aromatic N) is 7. The molecule has 6 aromatic heterocycles. The molecule has 0 fully saturated rings. The van der Waals surface area contributed by atoms with E-state index >= 15 is 0 Å². The molecule has 1 unspecified atom stereocenters. The van der Waals surface area contributed by atoms with Gasteiger partial charge in [0.15, 0.2) is 17.5 Å². The minimum atomic E-state index is -0.131. The van der Waals surface area contributed by atoms with E-state index in [0.29, 0.717) is 35.3 Å². The van der Waals surface area contributed by atoms with Crippen LogP contribution in [0.5, 0.6) is 0 Å². The number of fused-ring (bicyclic) bond motifs is 11. The molecule has 326 valence electrons. The third-order valence-corrected chi connectivity index (χ3v) is 13.3. The Hall–Kier alpha value is -9.27. The van der Waals surface area contributed by atoms with Crippen molar-refractivity contribution < 1.29 is 4.42 Å². The lowest BCUT2D eigenvalue weighted by Crippen LogP contribution is -2.08. The monoisotopic (exact) mass is 887 g/mol. The average Bonchev–Trinajstić information content (AvgIpc) is 4.08. The molecule has 6 heterocycles. The Balaban J connectivity index is 1.12. The van der Waals surface area contributed by atoms with Gasteiger partial charge in [0.05, 0.1) is 38.5 Å². The molecule has 0 aliphatic heterocycles. The molecule has 8 nitrogen and oxygen atoms in total. The van der Waals surface area contributed by atoms with Gasteiger partial charge in [0, 0.05) is 56.7 Å². The maximum absolute atomic E-state index is 7.33. The van der Waals surface area contributed by atoms with Crippen LogP contribution in [0.2, 0.25) is 0 Å². The minimum absolute atomic E-state index is 0.131. The highest BCUT2D eigenvalue weighted by atomic mass is 16.3. The van der Waals surface area contributed by atoms with Crippen molar-refractivity contribution in [1.82, 2.24) is 34.1 Å². The Kier molecular flexibility index (Phi) is 9.43. The van der Waals surface area contributed by atoms with Crippen molar-refractivity contribution in [2.75, 3.05) is 0 Å². The fourth-order valence-corrected chi connectivity index (χ4v) is 10.3. The normalized spacial score (nSPS) is 12.2. The number of para-hydroxylation sites is 3. The zero-order valence-electron chi connectivity index (χ0n) is 37.4. The molecule has 69 heavy (non-hydrogen) atoms. The van der Waals surface area contributed by atoms with Crippen LogP contribution in [-0.4, -0.2) is 34.1 Å². The van der Waals surface area contributed by atoms with Crippen LogP contribution in [0.4, 0.5) is 0 Å². The van der Waals surface area contributed by atoms with E-state index in [9.17, 15) is 0 Å². The summed E-state index contributed by atoms with van der Waals surface area (Å²) in [5, 5.41) is 6.52. The Morgan fingerprint density at radius 2 is 1.01 bits per heavy atom. The molecule has 1 atom stereocenters. The summed E-state index contributed by atoms with van der Waals surface area (Å²) in [4.78, 5) is 24.5. The lowest BCUT2D eigenvalue weighted by Gasteiger charge is -2.24. The number of benzene rings is 7. The average molecular weight is 888 g/mol. The van der Waals surface area contributed by atoms with Gasteiger partial charge in [-0.15, -0.1) is 13.2 Å². The lowest BCUT2D eigenvalue weighted by molar-refractivity contribution is 0.677. The maximum atomic E-state index is 7.33. The van der Waals surface area contributed by atoms with Crippen molar-refractivity contribution in [3.8, 4) is 56.9 Å². The number of allylic oxidation sites excluding steroid dienone is 2. The van der Waals surface area contributed by atoms with Crippen molar-refractivity contribution in [2.24, 2.45) is 0 Å². The van der Waals surface area contributed by atoms with Crippen molar-refractivity contribution in [1.29, 1.82) is 0 Å². The van der Waals surface area contributed by atoms with E-state index in [4.69, 9.17) is 19.4 Å². The molecule has 13 aromatic rings. The zero-order valence-corrected chi connectivity index (χ0v) is 37.4. The van der Waals surface area contributed by atoms with Gasteiger partial charge in [-0.1, -0.05) is 109 Å². The van der Waals surface area contributed by atoms with E-state index in [0.717, 1.165) is 99.2 Å². The molecular weight excluding hydrogens is 847 g/mol. The molecule has 0 spiro atoms. The summed E-state index contributed by atoms with van der Waals surface area (Å²) >= 11 is 0. The largest absolute Gasteiger partial charge is 0.455 e. The molecule has 0 aliphatic rings. The van der Waals surface area contributed by atoms with Gasteiger partial charge >= 0.3 is 0 Å². The van der Waals surface area contributed by atoms with Gasteiger partial charge in [-0.05, 0) is 102 Å². The van der Waals surface area contributed by atoms with E-state index < -0.39 is 0 Å². The first-order chi connectivity index (χ1) is 34.2. The van der Waals surface area contributed by atoms with Gasteiger partial charge in [-0.25, -0.2) is 15.0 Å². The van der Waals surface area contributed by atoms with E-state index in [-0.39, 0.29) is 5.92 Å². The summed E-state index contributed by atoms with van der Waals surface area (Å²) < 4.78 is 12.1. The van der Waals surface area contributed by atoms with Crippen molar-refractivity contribution in [2.45, 2.75) is 12.3 Å². The van der Waals surface area contributed by atoms with Gasteiger partial charge in [0.25, 0.3) is 0 Å². The predicted octanol–water partition coefficient (Wildman–Crippen LogP) is 15.3. The number of rotatable bonds is 10. The van der Waals surface area contributed by atoms with Crippen LogP contribution in [0.15, 0.2) is 224 Å². The third kappa shape index (κ3) is 6.41. The molecule has 7 aromatic carbocycles. The molecule has 0 aliphatic carbocycles. The number of pyridine rings is 2. The highest BCUT2D eigenvalue weighted by Crippen LogP contribution is 2.47. The number of hydrogen-bond acceptors (Lipinski definition) is 6. The second-order valence-electron chi connectivity index (χ2n) is 17.2. The molecule has 0 saturated heterocycles. The Morgan fingerprint density at radius 1 is 0.478 bits per heavy atom. The summed E-state index contributed by atoms with van der Waals surface area (Å²) in [5.41, 5.74) is 13.3. The lowest BCUT2D eigenvalue weighted by atomic mass is 9.87. The molecule has 8 heteroatoms. The molecule has 0 bridgehead atoms. The van der Waals surface area contributed by atoms with Crippen LogP contribution >= 0.6 is 0 Å². The smallest absolute Gasteiger partial charge is 0.182 e. The zero-order chi connectivity index (χ0) is 46.0. The number of hydrogen-bond donors (Lipinski definition) is 0. The quantitative estimate of drug-likeness (QED) is 0.127. The second kappa shape index (κ2) is 16.3. The van der Waals surface area contributed by atoms with Crippen molar-refractivity contribution in [3.63, 3.8) is 0 Å². The first-order valence-corrected chi connectivity index (χ1v) is 23.1. The summed E-state index contributed by atoms with van der Waals surface area (Å²) in [6.07, 6.45) is 8.14. The molecule has 0 saturated carbocycles. The van der Waals surface area contributed by atoms with Crippen LogP contribution in [0, 0.1) is 0 Å². The Labute approximate surface area is 396 Å². The summed E-state index contributed by atoms with van der Waals surface area (Å²) in [6, 6.07) is 63.2. The molecule has 0 amide bonds. The fraction of sp³-hybridized carbons (Fsp3) is 0.0328. The van der Waals surface area contributed by atoms with Crippen LogP contribution in [0.1, 0.15) is 17.9 Å². The summed E-state index contributed by atoms with van der Waals surface area (Å²) in [7, 11) is 0. The first-order valence-electron chi connectivity index (χ1n) is 23.1. The van der Waals surface area contributed by atoms with Crippen LogP contribution in [-0.2, 0) is 0 Å². The highest BCUT2D eigenvalue weighted by Gasteiger charge is 2.27. The van der Waals surface area contributed by atoms with Crippen molar-refractivity contribution >= 4 is 65.6 Å². The topological polar surface area (TPSA) is 87.4 Å².